The van der Waals surface area contributed by atoms with Gasteiger partial charge in [-0.25, -0.2) is 19.6 Å². The molecule has 0 saturated heterocycles. The second kappa shape index (κ2) is 14.2. The fourth-order valence-corrected chi connectivity index (χ4v) is 7.71. The predicted octanol–water partition coefficient (Wildman–Crippen LogP) is 4.40. The number of carbonyl (C=O) groups is 4. The number of imidazole rings is 2. The van der Waals surface area contributed by atoms with Crippen LogP contribution in [0.2, 0.25) is 0 Å². The number of hydrogen-bond donors (Lipinski definition) is 0. The SMILES string of the molecule is C#CCn1cc(C(=O)C2CCc3c(ncn3OC(=O)/C=C/C(=O)On3cnc4c3CCC(C(=O)c3cn(CC#C)c5ccccc35)C4)C2)c2ccccc21. The molecule has 0 N–H and O–H groups in total. The number of rotatable bonds is 10. The molecule has 2 aliphatic rings. The van der Waals surface area contributed by atoms with Gasteiger partial charge >= 0.3 is 11.9 Å². The van der Waals surface area contributed by atoms with Crippen LogP contribution in [0.5, 0.6) is 0 Å². The predicted molar refractivity (Wildman–Crippen MR) is 198 cm³/mol. The van der Waals surface area contributed by atoms with E-state index in [1.54, 1.807) is 0 Å². The first-order valence-corrected chi connectivity index (χ1v) is 17.7. The molecule has 2 unspecified atom stereocenters. The van der Waals surface area contributed by atoms with Crippen LogP contribution in [0.25, 0.3) is 21.8 Å². The molecule has 0 aliphatic heterocycles. The molecule has 8 rings (SSSR count). The number of aromatic nitrogens is 6. The number of fused-ring (bicyclic) bond motifs is 4. The molecule has 268 valence electrons. The van der Waals surface area contributed by atoms with Gasteiger partial charge in [-0.15, -0.1) is 12.8 Å². The van der Waals surface area contributed by atoms with Crippen LogP contribution in [-0.2, 0) is 48.4 Å². The minimum Gasteiger partial charge on any atom is -0.335 e. The molecule has 12 nitrogen and oxygen atoms in total. The summed E-state index contributed by atoms with van der Waals surface area (Å²) >= 11 is 0. The Bertz CT molecular complexity index is 2420. The van der Waals surface area contributed by atoms with E-state index in [9.17, 15) is 19.2 Å². The van der Waals surface area contributed by atoms with Gasteiger partial charge in [-0.2, -0.15) is 9.46 Å². The summed E-state index contributed by atoms with van der Waals surface area (Å²) in [4.78, 5) is 72.5. The van der Waals surface area contributed by atoms with E-state index in [1.165, 1.54) is 22.1 Å². The first-order valence-electron chi connectivity index (χ1n) is 17.7. The van der Waals surface area contributed by atoms with Gasteiger partial charge in [0.2, 0.25) is 0 Å². The second-order valence-electron chi connectivity index (χ2n) is 13.5. The maximum atomic E-state index is 13.7. The Hall–Kier alpha value is -6.92. The van der Waals surface area contributed by atoms with Crippen molar-refractivity contribution >= 4 is 45.3 Å². The quantitative estimate of drug-likeness (QED) is 0.116. The summed E-state index contributed by atoms with van der Waals surface area (Å²) in [7, 11) is 0. The highest BCUT2D eigenvalue weighted by atomic mass is 16.7. The molecule has 0 spiro atoms. The van der Waals surface area contributed by atoms with Crippen LogP contribution in [0, 0.1) is 36.5 Å². The molecule has 12 heteroatoms. The molecular formula is C42H34N6O6. The van der Waals surface area contributed by atoms with Gasteiger partial charge in [0.15, 0.2) is 11.6 Å². The molecule has 2 aromatic carbocycles. The first kappa shape index (κ1) is 34.2. The van der Waals surface area contributed by atoms with Crippen LogP contribution in [0.3, 0.4) is 0 Å². The van der Waals surface area contributed by atoms with Crippen molar-refractivity contribution in [3.63, 3.8) is 0 Å². The monoisotopic (exact) mass is 718 g/mol. The molecule has 0 bridgehead atoms. The number of nitrogens with zero attached hydrogens (tertiary/aromatic N) is 6. The van der Waals surface area contributed by atoms with Crippen molar-refractivity contribution in [2.45, 2.75) is 51.6 Å². The molecule has 4 aromatic heterocycles. The van der Waals surface area contributed by atoms with Crippen molar-refractivity contribution in [2.24, 2.45) is 11.8 Å². The van der Waals surface area contributed by atoms with Crippen LogP contribution in [0.15, 0.2) is 85.7 Å². The fraction of sp³-hybridized carbons (Fsp3) is 0.238. The number of terminal acetylenes is 2. The molecule has 0 saturated carbocycles. The number of para-hydroxylation sites is 2. The lowest BCUT2D eigenvalue weighted by Gasteiger charge is -2.21. The van der Waals surface area contributed by atoms with E-state index in [0.29, 0.717) is 85.5 Å². The lowest BCUT2D eigenvalue weighted by Crippen LogP contribution is -2.27. The van der Waals surface area contributed by atoms with Gasteiger partial charge < -0.3 is 18.8 Å². The number of ketones is 2. The van der Waals surface area contributed by atoms with E-state index in [-0.39, 0.29) is 23.4 Å². The maximum absolute atomic E-state index is 13.7. The normalized spacial score (nSPS) is 16.4. The Morgan fingerprint density at radius 1 is 0.685 bits per heavy atom. The third-order valence-electron chi connectivity index (χ3n) is 10.3. The lowest BCUT2D eigenvalue weighted by atomic mass is 9.84. The Kier molecular flexibility index (Phi) is 9.02. The van der Waals surface area contributed by atoms with Crippen LogP contribution < -0.4 is 9.68 Å². The molecule has 4 heterocycles. The fourth-order valence-electron chi connectivity index (χ4n) is 7.71. The number of carbonyl (C=O) groups excluding carboxylic acids is 4. The van der Waals surface area contributed by atoms with E-state index in [0.717, 1.165) is 34.0 Å². The average Bonchev–Trinajstić information content (AvgIpc) is 3.97. The Morgan fingerprint density at radius 3 is 1.54 bits per heavy atom. The third-order valence-corrected chi connectivity index (χ3v) is 10.3. The first-order chi connectivity index (χ1) is 26.3. The summed E-state index contributed by atoms with van der Waals surface area (Å²) < 4.78 is 6.37. The number of Topliss-reactive ketones (excluding diaryl/α,β-unsaturated/α-hetero) is 2. The van der Waals surface area contributed by atoms with Gasteiger partial charge in [-0.05, 0) is 37.8 Å². The Balaban J connectivity index is 0.870. The summed E-state index contributed by atoms with van der Waals surface area (Å²) in [5.41, 5.74) is 5.81. The van der Waals surface area contributed by atoms with Gasteiger partial charge in [0.25, 0.3) is 0 Å². The average molecular weight is 719 g/mol. The molecule has 2 atom stereocenters. The highest BCUT2D eigenvalue weighted by molar-refractivity contribution is 6.10. The third kappa shape index (κ3) is 6.28. The van der Waals surface area contributed by atoms with Crippen LogP contribution in [0.4, 0.5) is 0 Å². The summed E-state index contributed by atoms with van der Waals surface area (Å²) in [6.45, 7) is 0.729. The van der Waals surface area contributed by atoms with Crippen LogP contribution in [0.1, 0.15) is 56.3 Å². The van der Waals surface area contributed by atoms with Gasteiger partial charge in [0.05, 0.1) is 35.9 Å². The van der Waals surface area contributed by atoms with E-state index >= 15 is 0 Å². The second-order valence-corrected chi connectivity index (χ2v) is 13.5. The summed E-state index contributed by atoms with van der Waals surface area (Å²) in [5.74, 6) is 3.15. The van der Waals surface area contributed by atoms with Crippen molar-refractivity contribution in [2.75, 3.05) is 0 Å². The van der Waals surface area contributed by atoms with Crippen LogP contribution in [-0.4, -0.2) is 52.1 Å². The molecule has 54 heavy (non-hydrogen) atoms. The van der Waals surface area contributed by atoms with Crippen molar-refractivity contribution < 1.29 is 28.9 Å². The smallest absolute Gasteiger partial charge is 0.335 e. The lowest BCUT2D eigenvalue weighted by molar-refractivity contribution is -0.141. The van der Waals surface area contributed by atoms with Crippen molar-refractivity contribution in [3.05, 3.63) is 120 Å². The number of hydrogen-bond acceptors (Lipinski definition) is 8. The minimum atomic E-state index is -0.802. The minimum absolute atomic E-state index is 0.0223. The number of benzene rings is 2. The zero-order chi connectivity index (χ0) is 37.3. The molecule has 0 amide bonds. The Morgan fingerprint density at radius 2 is 1.11 bits per heavy atom. The largest absolute Gasteiger partial charge is 0.356 e. The van der Waals surface area contributed by atoms with E-state index in [4.69, 9.17) is 22.5 Å². The highest BCUT2D eigenvalue weighted by Gasteiger charge is 2.32. The van der Waals surface area contributed by atoms with Gasteiger partial charge in [0, 0.05) is 82.2 Å². The van der Waals surface area contributed by atoms with Gasteiger partial charge in [0.1, 0.15) is 12.7 Å². The van der Waals surface area contributed by atoms with Crippen molar-refractivity contribution in [1.82, 2.24) is 28.6 Å². The zero-order valence-electron chi connectivity index (χ0n) is 29.2. The topological polar surface area (TPSA) is 132 Å². The van der Waals surface area contributed by atoms with Gasteiger partial charge in [-0.1, -0.05) is 48.2 Å². The summed E-state index contributed by atoms with van der Waals surface area (Å²) in [6, 6.07) is 15.4. The summed E-state index contributed by atoms with van der Waals surface area (Å²) in [5, 5.41) is 1.72. The Labute approximate surface area is 309 Å². The molecular weight excluding hydrogens is 684 g/mol. The maximum Gasteiger partial charge on any atom is 0.356 e. The standard InChI is InChI=1S/C42H34N6O6/c1-3-19-45-23-31(29-9-5-7-11-35(29)45)41(51)27-13-15-37-33(21-27)43-25-47(37)53-39(49)17-18-40(50)54-48-26-44-34-22-28(14-16-38(34)48)42(52)32-24-46(20-4-2)36-12-8-6-10-30(32)36/h1-2,5-12,17-18,23-28H,13-16,19-22H2/b18-17+. The van der Waals surface area contributed by atoms with Gasteiger partial charge in [-0.3, -0.25) is 9.59 Å². The highest BCUT2D eigenvalue weighted by Crippen LogP contribution is 2.32. The molecule has 2 aliphatic carbocycles. The van der Waals surface area contributed by atoms with E-state index in [1.807, 2.05) is 70.1 Å². The molecule has 6 aromatic rings. The van der Waals surface area contributed by atoms with Crippen molar-refractivity contribution in [1.29, 1.82) is 0 Å². The molecule has 0 radical (unpaired) electrons. The van der Waals surface area contributed by atoms with E-state index < -0.39 is 11.9 Å². The molecule has 0 fully saturated rings. The zero-order valence-corrected chi connectivity index (χ0v) is 29.2. The van der Waals surface area contributed by atoms with E-state index in [2.05, 4.69) is 21.8 Å². The summed E-state index contributed by atoms with van der Waals surface area (Å²) in [6.07, 6.45) is 22.3. The van der Waals surface area contributed by atoms with Crippen LogP contribution >= 0.6 is 0 Å². The van der Waals surface area contributed by atoms with Crippen molar-refractivity contribution in [3.8, 4) is 24.7 Å².